The summed E-state index contributed by atoms with van der Waals surface area (Å²) in [5, 5.41) is 11.9. The van der Waals surface area contributed by atoms with Crippen molar-refractivity contribution in [2.24, 2.45) is 0 Å². The molecule has 0 bridgehead atoms. The number of rotatable bonds is 3. The van der Waals surface area contributed by atoms with E-state index in [4.69, 9.17) is 4.52 Å². The summed E-state index contributed by atoms with van der Waals surface area (Å²) in [4.78, 5) is 18.2. The van der Waals surface area contributed by atoms with Gasteiger partial charge in [0.15, 0.2) is 5.69 Å². The summed E-state index contributed by atoms with van der Waals surface area (Å²) in [7, 11) is 0. The van der Waals surface area contributed by atoms with E-state index in [1.165, 1.54) is 4.90 Å². The number of piperidine rings is 1. The maximum absolute atomic E-state index is 13.9. The molecule has 1 aromatic carbocycles. The highest BCUT2D eigenvalue weighted by Gasteiger charge is 2.28. The van der Waals surface area contributed by atoms with E-state index in [0.29, 0.717) is 36.9 Å². The number of hydrogen-bond donors (Lipinski definition) is 0. The van der Waals surface area contributed by atoms with E-state index in [1.54, 1.807) is 17.8 Å². The summed E-state index contributed by atoms with van der Waals surface area (Å²) < 4.78 is 33.9. The zero-order chi connectivity index (χ0) is 19.0. The van der Waals surface area contributed by atoms with Crippen molar-refractivity contribution in [1.82, 2.24) is 30.0 Å². The van der Waals surface area contributed by atoms with Gasteiger partial charge in [-0.1, -0.05) is 10.4 Å². The van der Waals surface area contributed by atoms with Crippen molar-refractivity contribution in [2.75, 3.05) is 13.1 Å². The highest BCUT2D eigenvalue weighted by molar-refractivity contribution is 5.94. The maximum atomic E-state index is 13.9. The smallest absolute Gasteiger partial charge is 0.257 e. The molecule has 10 heteroatoms. The van der Waals surface area contributed by atoms with Crippen LogP contribution in [0.15, 0.2) is 28.9 Å². The summed E-state index contributed by atoms with van der Waals surface area (Å²) in [6, 6.07) is 2.74. The molecule has 3 heterocycles. The van der Waals surface area contributed by atoms with Crippen LogP contribution in [0.1, 0.15) is 35.1 Å². The average molecular weight is 374 g/mol. The fourth-order valence-corrected chi connectivity index (χ4v) is 3.15. The lowest BCUT2D eigenvalue weighted by atomic mass is 10.0. The first-order chi connectivity index (χ1) is 13.0. The molecule has 8 nitrogen and oxygen atoms in total. The normalized spacial score (nSPS) is 17.3. The minimum absolute atomic E-state index is 0.131. The van der Waals surface area contributed by atoms with E-state index < -0.39 is 17.5 Å². The number of likely N-dealkylation sites (tertiary alicyclic amines) is 1. The van der Waals surface area contributed by atoms with Gasteiger partial charge >= 0.3 is 0 Å². The molecule has 0 spiro atoms. The fourth-order valence-electron chi connectivity index (χ4n) is 3.15. The lowest BCUT2D eigenvalue weighted by Crippen LogP contribution is -2.41. The molecule has 0 radical (unpaired) electrons. The third-order valence-corrected chi connectivity index (χ3v) is 4.48. The third-order valence-electron chi connectivity index (χ3n) is 4.48. The van der Waals surface area contributed by atoms with Crippen LogP contribution in [0.5, 0.6) is 0 Å². The molecule has 1 saturated heterocycles. The lowest BCUT2D eigenvalue weighted by Gasteiger charge is -2.32. The minimum atomic E-state index is -0.737. The second kappa shape index (κ2) is 6.86. The van der Waals surface area contributed by atoms with Gasteiger partial charge in [-0.05, 0) is 31.0 Å². The van der Waals surface area contributed by atoms with E-state index >= 15 is 0 Å². The summed E-state index contributed by atoms with van der Waals surface area (Å²) in [5.74, 6) is -1.16. The predicted molar refractivity (Wildman–Crippen MR) is 88.6 cm³/mol. The van der Waals surface area contributed by atoms with Crippen LogP contribution >= 0.6 is 0 Å². The first-order valence-electron chi connectivity index (χ1n) is 8.48. The topological polar surface area (TPSA) is 89.9 Å². The van der Waals surface area contributed by atoms with Gasteiger partial charge in [0.25, 0.3) is 5.91 Å². The van der Waals surface area contributed by atoms with Gasteiger partial charge < -0.3 is 9.42 Å². The van der Waals surface area contributed by atoms with E-state index in [9.17, 15) is 13.6 Å². The number of nitrogens with zero attached hydrogens (tertiary/aromatic N) is 6. The lowest BCUT2D eigenvalue weighted by molar-refractivity contribution is 0.0666. The van der Waals surface area contributed by atoms with Crippen LogP contribution in [0.4, 0.5) is 8.78 Å². The molecule has 0 saturated carbocycles. The molecule has 1 aliphatic rings. The summed E-state index contributed by atoms with van der Waals surface area (Å²) in [6.07, 6.45) is 3.18. The summed E-state index contributed by atoms with van der Waals surface area (Å²) in [5.41, 5.74) is 0.198. The van der Waals surface area contributed by atoms with E-state index in [0.717, 1.165) is 24.6 Å². The molecule has 1 fully saturated rings. The van der Waals surface area contributed by atoms with Gasteiger partial charge in [-0.15, -0.1) is 5.10 Å². The summed E-state index contributed by atoms with van der Waals surface area (Å²) in [6.45, 7) is 2.47. The molecule has 0 N–H and O–H groups in total. The van der Waals surface area contributed by atoms with E-state index in [-0.39, 0.29) is 11.6 Å². The first kappa shape index (κ1) is 17.3. The van der Waals surface area contributed by atoms with Crippen LogP contribution in [0.3, 0.4) is 0 Å². The minimum Gasteiger partial charge on any atom is -0.339 e. The molecule has 0 aliphatic carbocycles. The largest absolute Gasteiger partial charge is 0.339 e. The Balaban J connectivity index is 1.52. The Kier molecular flexibility index (Phi) is 4.38. The van der Waals surface area contributed by atoms with Gasteiger partial charge in [-0.3, -0.25) is 4.79 Å². The SMILES string of the molecule is Cc1nc(-c2cn([C@H]3CCCN(C(=O)c4cc(F)ccc4F)C3)nn2)no1. The number of benzene rings is 1. The van der Waals surface area contributed by atoms with Crippen LogP contribution in [0, 0.1) is 18.6 Å². The third kappa shape index (κ3) is 3.42. The second-order valence-corrected chi connectivity index (χ2v) is 6.39. The highest BCUT2D eigenvalue weighted by Crippen LogP contribution is 2.24. The van der Waals surface area contributed by atoms with E-state index in [1.807, 2.05) is 0 Å². The van der Waals surface area contributed by atoms with Crippen LogP contribution in [0.25, 0.3) is 11.5 Å². The Bertz CT molecular complexity index is 985. The molecular weight excluding hydrogens is 358 g/mol. The number of halogens is 2. The summed E-state index contributed by atoms with van der Waals surface area (Å²) >= 11 is 0. The fraction of sp³-hybridized carbons (Fsp3) is 0.353. The van der Waals surface area contributed by atoms with Crippen LogP contribution in [0.2, 0.25) is 0 Å². The Morgan fingerprint density at radius 3 is 2.96 bits per heavy atom. The number of aromatic nitrogens is 5. The zero-order valence-corrected chi connectivity index (χ0v) is 14.5. The van der Waals surface area contributed by atoms with Gasteiger partial charge in [-0.25, -0.2) is 13.5 Å². The Morgan fingerprint density at radius 1 is 1.33 bits per heavy atom. The van der Waals surface area contributed by atoms with Crippen molar-refractivity contribution < 1.29 is 18.1 Å². The number of aryl methyl sites for hydroxylation is 1. The van der Waals surface area contributed by atoms with Crippen LogP contribution < -0.4 is 0 Å². The second-order valence-electron chi connectivity index (χ2n) is 6.39. The molecule has 4 rings (SSSR count). The molecule has 1 amide bonds. The van der Waals surface area contributed by atoms with Gasteiger partial charge in [-0.2, -0.15) is 4.98 Å². The molecule has 1 atom stereocenters. The quantitative estimate of drug-likeness (QED) is 0.699. The van der Waals surface area contributed by atoms with Crippen molar-refractivity contribution >= 4 is 5.91 Å². The Hall–Kier alpha value is -3.17. The van der Waals surface area contributed by atoms with Crippen molar-refractivity contribution in [1.29, 1.82) is 0 Å². The number of hydrogen-bond acceptors (Lipinski definition) is 6. The first-order valence-corrected chi connectivity index (χ1v) is 8.48. The van der Waals surface area contributed by atoms with Crippen molar-refractivity contribution in [3.63, 3.8) is 0 Å². The molecule has 140 valence electrons. The van der Waals surface area contributed by atoms with Crippen molar-refractivity contribution in [3.05, 3.63) is 47.5 Å². The van der Waals surface area contributed by atoms with Crippen LogP contribution in [-0.4, -0.2) is 49.0 Å². The van der Waals surface area contributed by atoms with Gasteiger partial charge in [0.05, 0.1) is 17.8 Å². The predicted octanol–water partition coefficient (Wildman–Crippen LogP) is 2.39. The molecule has 0 unspecified atom stereocenters. The van der Waals surface area contributed by atoms with Gasteiger partial charge in [0.1, 0.15) is 11.6 Å². The molecular formula is C17H16F2N6O2. The average Bonchev–Trinajstić information content (AvgIpc) is 3.32. The number of carbonyl (C=O) groups excluding carboxylic acids is 1. The van der Waals surface area contributed by atoms with Gasteiger partial charge in [0, 0.05) is 20.0 Å². The van der Waals surface area contributed by atoms with Gasteiger partial charge in [0.2, 0.25) is 11.7 Å². The molecule has 27 heavy (non-hydrogen) atoms. The van der Waals surface area contributed by atoms with Crippen molar-refractivity contribution in [2.45, 2.75) is 25.8 Å². The zero-order valence-electron chi connectivity index (χ0n) is 14.5. The number of carbonyl (C=O) groups is 1. The molecule has 3 aromatic rings. The Labute approximate surface area is 152 Å². The maximum Gasteiger partial charge on any atom is 0.257 e. The highest BCUT2D eigenvalue weighted by atomic mass is 19.1. The van der Waals surface area contributed by atoms with E-state index in [2.05, 4.69) is 20.5 Å². The van der Waals surface area contributed by atoms with Crippen LogP contribution in [-0.2, 0) is 0 Å². The standard InChI is InChI=1S/C17H16F2N6O2/c1-10-20-16(22-27-10)15-9-25(23-21-15)12-3-2-6-24(8-12)17(26)13-7-11(18)4-5-14(13)19/h4-5,7,9,12H,2-3,6,8H2,1H3/t12-/m0/s1. The molecule has 2 aromatic heterocycles. The van der Waals surface area contributed by atoms with Crippen molar-refractivity contribution in [3.8, 4) is 11.5 Å². The monoisotopic (exact) mass is 374 g/mol. The molecule has 1 aliphatic heterocycles. The number of amides is 1. The Morgan fingerprint density at radius 2 is 2.19 bits per heavy atom.